The van der Waals surface area contributed by atoms with Crippen LogP contribution in [0.1, 0.15) is 37.8 Å². The van der Waals surface area contributed by atoms with Crippen LogP contribution < -0.4 is 10.1 Å². The van der Waals surface area contributed by atoms with Crippen molar-refractivity contribution in [3.63, 3.8) is 0 Å². The number of carbonyl (C=O) groups excluding carboxylic acids is 1. The molecule has 1 saturated heterocycles. The highest BCUT2D eigenvalue weighted by Gasteiger charge is 2.27. The lowest BCUT2D eigenvalue weighted by atomic mass is 9.93. The normalized spacial score (nSPS) is 22.8. The summed E-state index contributed by atoms with van der Waals surface area (Å²) in [6.45, 7) is 2.27. The fraction of sp³-hybridized carbons (Fsp3) is 0.533. The molecule has 4 heteroatoms. The summed E-state index contributed by atoms with van der Waals surface area (Å²) in [5, 5.41) is 3.38. The Morgan fingerprint density at radius 2 is 2.05 bits per heavy atom. The largest absolute Gasteiger partial charge is 0.497 e. The van der Waals surface area contributed by atoms with Crippen LogP contribution in [-0.4, -0.2) is 25.7 Å². The van der Waals surface area contributed by atoms with Crippen LogP contribution in [0.2, 0.25) is 0 Å². The first-order chi connectivity index (χ1) is 9.24. The average Bonchev–Trinajstić information content (AvgIpc) is 2.48. The molecule has 1 aromatic rings. The van der Waals surface area contributed by atoms with E-state index in [9.17, 15) is 4.79 Å². The van der Waals surface area contributed by atoms with Crippen LogP contribution in [0.25, 0.3) is 0 Å². The van der Waals surface area contributed by atoms with E-state index in [1.165, 1.54) is 5.56 Å². The van der Waals surface area contributed by atoms with Crippen molar-refractivity contribution in [2.75, 3.05) is 13.7 Å². The van der Waals surface area contributed by atoms with Crippen molar-refractivity contribution < 1.29 is 14.3 Å². The van der Waals surface area contributed by atoms with Gasteiger partial charge in [0.1, 0.15) is 11.8 Å². The molecule has 1 N–H and O–H groups in total. The van der Waals surface area contributed by atoms with Crippen LogP contribution in [0.3, 0.4) is 0 Å². The summed E-state index contributed by atoms with van der Waals surface area (Å²) in [6.07, 6.45) is 2.93. The molecule has 0 bridgehead atoms. The zero-order chi connectivity index (χ0) is 13.7. The van der Waals surface area contributed by atoms with E-state index < -0.39 is 0 Å². The molecule has 0 radical (unpaired) electrons. The Hall–Kier alpha value is -1.55. The molecule has 104 valence electrons. The Labute approximate surface area is 114 Å². The van der Waals surface area contributed by atoms with E-state index in [2.05, 4.69) is 5.32 Å². The first kappa shape index (κ1) is 13.9. The molecular weight excluding hydrogens is 242 g/mol. The predicted molar refractivity (Wildman–Crippen MR) is 73.1 cm³/mol. The van der Waals surface area contributed by atoms with Gasteiger partial charge < -0.3 is 9.47 Å². The second-order valence-electron chi connectivity index (χ2n) is 4.73. The van der Waals surface area contributed by atoms with Crippen molar-refractivity contribution in [1.82, 2.24) is 5.32 Å². The number of hydrogen-bond acceptors (Lipinski definition) is 4. The lowest BCUT2D eigenvalue weighted by molar-refractivity contribution is -0.146. The topological polar surface area (TPSA) is 47.6 Å². The molecule has 0 aliphatic carbocycles. The van der Waals surface area contributed by atoms with Gasteiger partial charge in [-0.05, 0) is 43.9 Å². The van der Waals surface area contributed by atoms with Crippen molar-refractivity contribution >= 4 is 5.97 Å². The van der Waals surface area contributed by atoms with Gasteiger partial charge in [-0.25, -0.2) is 0 Å². The Kier molecular flexibility index (Phi) is 4.80. The highest BCUT2D eigenvalue weighted by atomic mass is 16.5. The summed E-state index contributed by atoms with van der Waals surface area (Å²) in [6, 6.07) is 8.03. The minimum atomic E-state index is -0.180. The van der Waals surface area contributed by atoms with Crippen molar-refractivity contribution in [3.05, 3.63) is 29.8 Å². The standard InChI is InChI=1S/C15H21NO3/c1-3-19-15(17)14-6-4-5-13(16-14)11-7-9-12(18-2)10-8-11/h7-10,13-14,16H,3-6H2,1-2H3/t13-,14+/m0/s1. The van der Waals surface area contributed by atoms with Crippen LogP contribution in [0.4, 0.5) is 0 Å². The van der Waals surface area contributed by atoms with Gasteiger partial charge in [0.2, 0.25) is 0 Å². The molecule has 2 atom stereocenters. The second kappa shape index (κ2) is 6.57. The van der Waals surface area contributed by atoms with E-state index in [-0.39, 0.29) is 18.1 Å². The fourth-order valence-electron chi connectivity index (χ4n) is 2.46. The molecule has 0 spiro atoms. The molecule has 0 saturated carbocycles. The highest BCUT2D eigenvalue weighted by molar-refractivity contribution is 5.76. The van der Waals surface area contributed by atoms with Crippen LogP contribution in [-0.2, 0) is 9.53 Å². The number of benzene rings is 1. The Balaban J connectivity index is 2.01. The maximum absolute atomic E-state index is 11.8. The van der Waals surface area contributed by atoms with Gasteiger partial charge in [-0.2, -0.15) is 0 Å². The molecule has 1 fully saturated rings. The van der Waals surface area contributed by atoms with E-state index in [4.69, 9.17) is 9.47 Å². The first-order valence-electron chi connectivity index (χ1n) is 6.81. The number of hydrogen-bond donors (Lipinski definition) is 1. The number of methoxy groups -OCH3 is 1. The highest BCUT2D eigenvalue weighted by Crippen LogP contribution is 2.27. The third-order valence-electron chi connectivity index (χ3n) is 3.48. The Morgan fingerprint density at radius 1 is 1.32 bits per heavy atom. The van der Waals surface area contributed by atoms with E-state index in [0.717, 1.165) is 25.0 Å². The number of ether oxygens (including phenoxy) is 2. The molecule has 4 nitrogen and oxygen atoms in total. The second-order valence-corrected chi connectivity index (χ2v) is 4.73. The van der Waals surface area contributed by atoms with Gasteiger partial charge in [0.15, 0.2) is 0 Å². The molecule has 19 heavy (non-hydrogen) atoms. The average molecular weight is 263 g/mol. The predicted octanol–water partition coefficient (Wildman–Crippen LogP) is 2.44. The Morgan fingerprint density at radius 3 is 2.68 bits per heavy atom. The minimum absolute atomic E-state index is 0.138. The molecule has 0 aromatic heterocycles. The van der Waals surface area contributed by atoms with E-state index in [1.54, 1.807) is 7.11 Å². The number of rotatable bonds is 4. The van der Waals surface area contributed by atoms with Gasteiger partial charge in [-0.3, -0.25) is 10.1 Å². The summed E-state index contributed by atoms with van der Waals surface area (Å²) in [7, 11) is 1.66. The van der Waals surface area contributed by atoms with Crippen molar-refractivity contribution in [3.8, 4) is 5.75 Å². The summed E-state index contributed by atoms with van der Waals surface area (Å²) >= 11 is 0. The smallest absolute Gasteiger partial charge is 0.323 e. The third-order valence-corrected chi connectivity index (χ3v) is 3.48. The zero-order valence-electron chi connectivity index (χ0n) is 11.5. The van der Waals surface area contributed by atoms with Gasteiger partial charge >= 0.3 is 5.97 Å². The van der Waals surface area contributed by atoms with Crippen LogP contribution >= 0.6 is 0 Å². The quantitative estimate of drug-likeness (QED) is 0.848. The molecule has 2 rings (SSSR count). The summed E-state index contributed by atoms with van der Waals surface area (Å²) in [5.74, 6) is 0.710. The van der Waals surface area contributed by atoms with Gasteiger partial charge in [0.25, 0.3) is 0 Å². The lowest BCUT2D eigenvalue weighted by Crippen LogP contribution is -2.43. The molecule has 1 aliphatic rings. The van der Waals surface area contributed by atoms with E-state index in [0.29, 0.717) is 6.61 Å². The monoisotopic (exact) mass is 263 g/mol. The summed E-state index contributed by atoms with van der Waals surface area (Å²) < 4.78 is 10.2. The molecule has 0 unspecified atom stereocenters. The first-order valence-corrected chi connectivity index (χ1v) is 6.81. The number of nitrogens with one attached hydrogen (secondary N) is 1. The fourth-order valence-corrected chi connectivity index (χ4v) is 2.46. The number of esters is 1. The van der Waals surface area contributed by atoms with Crippen molar-refractivity contribution in [2.24, 2.45) is 0 Å². The number of piperidine rings is 1. The van der Waals surface area contributed by atoms with Crippen LogP contribution in [0.15, 0.2) is 24.3 Å². The van der Waals surface area contributed by atoms with Gasteiger partial charge in [0.05, 0.1) is 13.7 Å². The third kappa shape index (κ3) is 3.47. The lowest BCUT2D eigenvalue weighted by Gasteiger charge is -2.30. The number of carbonyl (C=O) groups is 1. The maximum atomic E-state index is 11.8. The van der Waals surface area contributed by atoms with Crippen LogP contribution in [0, 0.1) is 0 Å². The molecule has 1 aromatic carbocycles. The van der Waals surface area contributed by atoms with Gasteiger partial charge in [-0.15, -0.1) is 0 Å². The minimum Gasteiger partial charge on any atom is -0.497 e. The molecule has 1 heterocycles. The van der Waals surface area contributed by atoms with E-state index >= 15 is 0 Å². The van der Waals surface area contributed by atoms with Gasteiger partial charge in [-0.1, -0.05) is 12.1 Å². The van der Waals surface area contributed by atoms with Crippen LogP contribution in [0.5, 0.6) is 5.75 Å². The van der Waals surface area contributed by atoms with E-state index in [1.807, 2.05) is 31.2 Å². The SMILES string of the molecule is CCOC(=O)[C@H]1CCC[C@@H](c2ccc(OC)cc2)N1. The summed E-state index contributed by atoms with van der Waals surface area (Å²) in [4.78, 5) is 11.8. The maximum Gasteiger partial charge on any atom is 0.323 e. The summed E-state index contributed by atoms with van der Waals surface area (Å²) in [5.41, 5.74) is 1.19. The Bertz CT molecular complexity index is 416. The molecule has 1 aliphatic heterocycles. The zero-order valence-corrected chi connectivity index (χ0v) is 11.5. The molecule has 0 amide bonds. The van der Waals surface area contributed by atoms with Crippen molar-refractivity contribution in [2.45, 2.75) is 38.3 Å². The van der Waals surface area contributed by atoms with Crippen molar-refractivity contribution in [1.29, 1.82) is 0 Å². The van der Waals surface area contributed by atoms with Gasteiger partial charge in [0, 0.05) is 6.04 Å². The molecular formula is C15H21NO3.